The van der Waals surface area contributed by atoms with Crippen LogP contribution >= 0.6 is 0 Å². The predicted octanol–water partition coefficient (Wildman–Crippen LogP) is 1.33. The van der Waals surface area contributed by atoms with Crippen molar-refractivity contribution in [2.45, 2.75) is 44.6 Å². The van der Waals surface area contributed by atoms with Gasteiger partial charge in [0.05, 0.1) is 4.90 Å². The second-order valence-corrected chi connectivity index (χ2v) is 6.40. The number of primary sulfonamides is 1. The molecule has 7 heteroatoms. The second kappa shape index (κ2) is 7.42. The van der Waals surface area contributed by atoms with E-state index >= 15 is 0 Å². The second-order valence-electron chi connectivity index (χ2n) is 4.84. The van der Waals surface area contributed by atoms with Gasteiger partial charge in [-0.05, 0) is 43.5 Å². The summed E-state index contributed by atoms with van der Waals surface area (Å²) in [6.45, 7) is 5.60. The number of sulfonamides is 1. The Kier molecular flexibility index (Phi) is 6.17. The molecule has 0 aliphatic heterocycles. The molecule has 0 aromatic heterocycles. The van der Waals surface area contributed by atoms with E-state index in [1.54, 1.807) is 6.92 Å². The number of hydrogen-bond donors (Lipinski definition) is 2. The smallest absolute Gasteiger partial charge is 0.258 e. The number of nitrogens with one attached hydrogen (secondary N) is 1. The van der Waals surface area contributed by atoms with Crippen molar-refractivity contribution in [2.75, 3.05) is 6.61 Å². The molecule has 1 amide bonds. The van der Waals surface area contributed by atoms with E-state index in [2.05, 4.69) is 5.32 Å². The lowest BCUT2D eigenvalue weighted by atomic mass is 10.2. The molecular formula is C14H22N2O4S. The van der Waals surface area contributed by atoms with Gasteiger partial charge in [0.1, 0.15) is 5.75 Å². The Labute approximate surface area is 125 Å². The Bertz CT molecular complexity index is 595. The van der Waals surface area contributed by atoms with Crippen molar-refractivity contribution in [3.8, 4) is 5.75 Å². The van der Waals surface area contributed by atoms with Gasteiger partial charge in [0.25, 0.3) is 5.91 Å². The van der Waals surface area contributed by atoms with E-state index in [-0.39, 0.29) is 23.5 Å². The van der Waals surface area contributed by atoms with Crippen molar-refractivity contribution in [2.24, 2.45) is 5.14 Å². The minimum Gasteiger partial charge on any atom is -0.484 e. The van der Waals surface area contributed by atoms with Crippen LogP contribution in [0.3, 0.4) is 0 Å². The van der Waals surface area contributed by atoms with Crippen LogP contribution in [0.5, 0.6) is 5.75 Å². The number of amides is 1. The molecule has 0 atom stereocenters. The van der Waals surface area contributed by atoms with Crippen molar-refractivity contribution >= 4 is 15.9 Å². The Morgan fingerprint density at radius 1 is 1.33 bits per heavy atom. The van der Waals surface area contributed by atoms with E-state index in [0.29, 0.717) is 11.3 Å². The van der Waals surface area contributed by atoms with Gasteiger partial charge in [-0.2, -0.15) is 0 Å². The maximum absolute atomic E-state index is 11.7. The molecular weight excluding hydrogens is 292 g/mol. The largest absolute Gasteiger partial charge is 0.484 e. The highest BCUT2D eigenvalue weighted by atomic mass is 32.2. The first kappa shape index (κ1) is 17.5. The lowest BCUT2D eigenvalue weighted by Crippen LogP contribution is -2.37. The zero-order valence-corrected chi connectivity index (χ0v) is 13.4. The lowest BCUT2D eigenvalue weighted by molar-refractivity contribution is -0.123. The number of hydrogen-bond acceptors (Lipinski definition) is 4. The van der Waals surface area contributed by atoms with Crippen LogP contribution in [0, 0.1) is 6.92 Å². The molecule has 0 spiro atoms. The number of carbonyl (C=O) groups excluding carboxylic acids is 1. The summed E-state index contributed by atoms with van der Waals surface area (Å²) in [5, 5.41) is 7.91. The quantitative estimate of drug-likeness (QED) is 0.793. The van der Waals surface area contributed by atoms with Gasteiger partial charge in [0.15, 0.2) is 6.61 Å². The summed E-state index contributed by atoms with van der Waals surface area (Å²) in [7, 11) is -3.73. The van der Waals surface area contributed by atoms with E-state index in [0.717, 1.165) is 12.8 Å². The van der Waals surface area contributed by atoms with Crippen molar-refractivity contribution in [1.29, 1.82) is 0 Å². The molecule has 0 unspecified atom stereocenters. The lowest BCUT2D eigenvalue weighted by Gasteiger charge is -2.15. The van der Waals surface area contributed by atoms with E-state index in [1.165, 1.54) is 18.2 Å². The van der Waals surface area contributed by atoms with E-state index < -0.39 is 10.0 Å². The minimum atomic E-state index is -3.73. The van der Waals surface area contributed by atoms with Gasteiger partial charge in [-0.3, -0.25) is 4.79 Å². The summed E-state index contributed by atoms with van der Waals surface area (Å²) in [5.41, 5.74) is 0.608. The van der Waals surface area contributed by atoms with Crippen molar-refractivity contribution in [3.05, 3.63) is 23.8 Å². The Hall–Kier alpha value is -1.60. The molecule has 0 bridgehead atoms. The first-order valence-electron chi connectivity index (χ1n) is 6.83. The van der Waals surface area contributed by atoms with Crippen LogP contribution in [0.15, 0.2) is 23.1 Å². The maximum atomic E-state index is 11.7. The fraction of sp³-hybridized carbons (Fsp3) is 0.500. The number of nitrogens with two attached hydrogens (primary N) is 1. The molecule has 0 fully saturated rings. The molecule has 0 saturated heterocycles. The molecule has 0 aliphatic rings. The average Bonchev–Trinajstić information content (AvgIpc) is 2.42. The standard InChI is InChI=1S/C14H22N2O4S/c1-4-11(5-2)16-14(17)9-20-13-7-6-12(8-10(13)3)21(15,18)19/h6-8,11H,4-5,9H2,1-3H3,(H,16,17)(H2,15,18,19). The van der Waals surface area contributed by atoms with Crippen molar-refractivity contribution < 1.29 is 17.9 Å². The number of rotatable bonds is 7. The average molecular weight is 314 g/mol. The number of aryl methyl sites for hydroxylation is 1. The molecule has 0 heterocycles. The van der Waals surface area contributed by atoms with Crippen LogP contribution in [0.25, 0.3) is 0 Å². The van der Waals surface area contributed by atoms with Gasteiger partial charge in [0, 0.05) is 6.04 Å². The zero-order valence-electron chi connectivity index (χ0n) is 12.5. The van der Waals surface area contributed by atoms with Gasteiger partial charge in [-0.15, -0.1) is 0 Å². The van der Waals surface area contributed by atoms with E-state index in [1.807, 2.05) is 13.8 Å². The van der Waals surface area contributed by atoms with Gasteiger partial charge in [-0.1, -0.05) is 13.8 Å². The molecule has 0 radical (unpaired) electrons. The fourth-order valence-corrected chi connectivity index (χ4v) is 2.47. The van der Waals surface area contributed by atoms with Gasteiger partial charge in [-0.25, -0.2) is 13.6 Å². The summed E-state index contributed by atoms with van der Waals surface area (Å²) in [4.78, 5) is 11.8. The number of benzene rings is 1. The summed E-state index contributed by atoms with van der Waals surface area (Å²) in [6, 6.07) is 4.42. The first-order chi connectivity index (χ1) is 9.77. The third kappa shape index (κ3) is 5.35. The predicted molar refractivity (Wildman–Crippen MR) is 80.6 cm³/mol. The topological polar surface area (TPSA) is 98.5 Å². The molecule has 21 heavy (non-hydrogen) atoms. The Morgan fingerprint density at radius 2 is 1.95 bits per heavy atom. The highest BCUT2D eigenvalue weighted by Crippen LogP contribution is 2.21. The van der Waals surface area contributed by atoms with Crippen LogP contribution in [0.1, 0.15) is 32.3 Å². The SMILES string of the molecule is CCC(CC)NC(=O)COc1ccc(S(N)(=O)=O)cc1C. The van der Waals surface area contributed by atoms with Gasteiger partial charge < -0.3 is 10.1 Å². The molecule has 1 aromatic carbocycles. The Morgan fingerprint density at radius 3 is 2.43 bits per heavy atom. The maximum Gasteiger partial charge on any atom is 0.258 e. The van der Waals surface area contributed by atoms with Crippen molar-refractivity contribution in [1.82, 2.24) is 5.32 Å². The van der Waals surface area contributed by atoms with E-state index in [4.69, 9.17) is 9.88 Å². The summed E-state index contributed by atoms with van der Waals surface area (Å²) in [5.74, 6) is 0.265. The number of ether oxygens (including phenoxy) is 1. The highest BCUT2D eigenvalue weighted by Gasteiger charge is 2.12. The molecule has 0 saturated carbocycles. The van der Waals surface area contributed by atoms with Gasteiger partial charge >= 0.3 is 0 Å². The highest BCUT2D eigenvalue weighted by molar-refractivity contribution is 7.89. The molecule has 1 aromatic rings. The zero-order chi connectivity index (χ0) is 16.0. The van der Waals surface area contributed by atoms with Crippen LogP contribution in [-0.2, 0) is 14.8 Å². The number of carbonyl (C=O) groups is 1. The van der Waals surface area contributed by atoms with E-state index in [9.17, 15) is 13.2 Å². The van der Waals surface area contributed by atoms with Crippen molar-refractivity contribution in [3.63, 3.8) is 0 Å². The summed E-state index contributed by atoms with van der Waals surface area (Å²) in [6.07, 6.45) is 1.73. The van der Waals surface area contributed by atoms with Crippen LogP contribution in [0.2, 0.25) is 0 Å². The molecule has 118 valence electrons. The third-order valence-corrected chi connectivity index (χ3v) is 4.10. The fourth-order valence-electron chi connectivity index (χ4n) is 1.87. The molecule has 0 aliphatic carbocycles. The summed E-state index contributed by atoms with van der Waals surface area (Å²) >= 11 is 0. The van der Waals surface area contributed by atoms with Gasteiger partial charge in [0.2, 0.25) is 10.0 Å². The monoisotopic (exact) mass is 314 g/mol. The normalized spacial score (nSPS) is 11.5. The Balaban J connectivity index is 2.66. The van der Waals surface area contributed by atoms with Crippen LogP contribution in [0.4, 0.5) is 0 Å². The summed E-state index contributed by atoms with van der Waals surface area (Å²) < 4.78 is 27.9. The minimum absolute atomic E-state index is 0.0221. The molecule has 1 rings (SSSR count). The molecule has 6 nitrogen and oxygen atoms in total. The first-order valence-corrected chi connectivity index (χ1v) is 8.38. The van der Waals surface area contributed by atoms with Crippen LogP contribution < -0.4 is 15.2 Å². The third-order valence-electron chi connectivity index (χ3n) is 3.18. The molecule has 3 N–H and O–H groups in total. The van der Waals surface area contributed by atoms with Crippen LogP contribution in [-0.4, -0.2) is 27.0 Å².